The fourth-order valence-electron chi connectivity index (χ4n) is 2.86. The normalized spacial score (nSPS) is 22.3. The van der Waals surface area contributed by atoms with Gasteiger partial charge in [-0.2, -0.15) is 0 Å². The first-order valence-electron chi connectivity index (χ1n) is 8.61. The van der Waals surface area contributed by atoms with Crippen molar-refractivity contribution < 1.29 is 18.5 Å². The van der Waals surface area contributed by atoms with E-state index in [1.54, 1.807) is 12.1 Å². The lowest BCUT2D eigenvalue weighted by molar-refractivity contribution is -0.121. The van der Waals surface area contributed by atoms with Crippen LogP contribution < -0.4 is 10.8 Å². The summed E-state index contributed by atoms with van der Waals surface area (Å²) in [4.78, 5) is 12.0. The summed E-state index contributed by atoms with van der Waals surface area (Å²) in [5.41, 5.74) is 0.0121. The Balaban J connectivity index is 1.68. The van der Waals surface area contributed by atoms with Gasteiger partial charge in [0.2, 0.25) is 5.91 Å². The van der Waals surface area contributed by atoms with Gasteiger partial charge in [-0.1, -0.05) is 12.1 Å². The predicted molar refractivity (Wildman–Crippen MR) is 91.6 cm³/mol. The second-order valence-electron chi connectivity index (χ2n) is 7.82. The first kappa shape index (κ1) is 17.4. The van der Waals surface area contributed by atoms with E-state index in [0.717, 1.165) is 12.8 Å². The molecule has 1 N–H and O–H groups in total. The minimum atomic E-state index is -0.729. The van der Waals surface area contributed by atoms with E-state index in [9.17, 15) is 9.18 Å². The third-order valence-corrected chi connectivity index (χ3v) is 5.41. The molecule has 6 heteroatoms. The van der Waals surface area contributed by atoms with E-state index in [1.807, 2.05) is 27.7 Å². The van der Waals surface area contributed by atoms with Gasteiger partial charge in [0.15, 0.2) is 0 Å². The number of rotatable bonds is 4. The van der Waals surface area contributed by atoms with Crippen LogP contribution in [0.4, 0.5) is 4.39 Å². The number of benzene rings is 1. The van der Waals surface area contributed by atoms with E-state index in [0.29, 0.717) is 17.1 Å². The Labute approximate surface area is 143 Å². The first-order valence-corrected chi connectivity index (χ1v) is 8.61. The highest BCUT2D eigenvalue weighted by molar-refractivity contribution is 6.62. The van der Waals surface area contributed by atoms with Crippen LogP contribution in [0.25, 0.3) is 0 Å². The summed E-state index contributed by atoms with van der Waals surface area (Å²) in [6.07, 6.45) is 3.45. The third-order valence-electron chi connectivity index (χ3n) is 5.41. The number of carbonyl (C=O) groups excluding carboxylic acids is 1. The molecule has 0 aromatic heterocycles. The van der Waals surface area contributed by atoms with Crippen LogP contribution in [0, 0.1) is 5.82 Å². The molecule has 0 spiro atoms. The van der Waals surface area contributed by atoms with Crippen molar-refractivity contribution in [3.63, 3.8) is 0 Å². The summed E-state index contributed by atoms with van der Waals surface area (Å²) >= 11 is 0. The van der Waals surface area contributed by atoms with Crippen molar-refractivity contribution in [2.24, 2.45) is 0 Å². The summed E-state index contributed by atoms with van der Waals surface area (Å²) in [5, 5.41) is 2.96. The summed E-state index contributed by atoms with van der Waals surface area (Å²) < 4.78 is 26.3. The summed E-state index contributed by atoms with van der Waals surface area (Å²) in [6.45, 7) is 7.74. The molecule has 130 valence electrons. The fourth-order valence-corrected chi connectivity index (χ4v) is 2.86. The van der Waals surface area contributed by atoms with Crippen molar-refractivity contribution in [3.05, 3.63) is 29.6 Å². The highest BCUT2D eigenvalue weighted by Gasteiger charge is 2.52. The summed E-state index contributed by atoms with van der Waals surface area (Å²) in [6, 6.07) is 5.12. The van der Waals surface area contributed by atoms with Gasteiger partial charge in [-0.15, -0.1) is 0 Å². The molecule has 1 heterocycles. The van der Waals surface area contributed by atoms with E-state index >= 15 is 0 Å². The molecule has 4 nitrogen and oxygen atoms in total. The minimum Gasteiger partial charge on any atom is -0.399 e. The quantitative estimate of drug-likeness (QED) is 0.861. The first-order chi connectivity index (χ1) is 11.2. The van der Waals surface area contributed by atoms with Gasteiger partial charge in [0, 0.05) is 11.5 Å². The van der Waals surface area contributed by atoms with Crippen molar-refractivity contribution in [1.82, 2.24) is 5.32 Å². The maximum Gasteiger partial charge on any atom is 0.497 e. The molecule has 1 amide bonds. The Kier molecular flexibility index (Phi) is 4.47. The number of amides is 1. The van der Waals surface area contributed by atoms with E-state index in [4.69, 9.17) is 9.31 Å². The molecule has 0 radical (unpaired) electrons. The van der Waals surface area contributed by atoms with Crippen LogP contribution >= 0.6 is 0 Å². The Morgan fingerprint density at radius 1 is 1.25 bits per heavy atom. The van der Waals surface area contributed by atoms with Crippen molar-refractivity contribution in [2.45, 2.75) is 70.6 Å². The largest absolute Gasteiger partial charge is 0.497 e. The van der Waals surface area contributed by atoms with Crippen LogP contribution in [0.1, 0.15) is 52.5 Å². The lowest BCUT2D eigenvalue weighted by Gasteiger charge is -2.32. The molecule has 0 unspecified atom stereocenters. The molecule has 3 rings (SSSR count). The minimum absolute atomic E-state index is 0.0533. The molecule has 0 bridgehead atoms. The van der Waals surface area contributed by atoms with E-state index < -0.39 is 24.1 Å². The Hall–Kier alpha value is -1.40. The molecule has 1 aliphatic carbocycles. The zero-order valence-corrected chi connectivity index (χ0v) is 14.8. The second kappa shape index (κ2) is 6.15. The fraction of sp³-hybridized carbons (Fsp3) is 0.611. The Morgan fingerprint density at radius 2 is 1.88 bits per heavy atom. The lowest BCUT2D eigenvalue weighted by atomic mass is 9.78. The summed E-state index contributed by atoms with van der Waals surface area (Å²) in [7, 11) is -0.729. The zero-order valence-electron chi connectivity index (χ0n) is 14.8. The monoisotopic (exact) mass is 333 g/mol. The van der Waals surface area contributed by atoms with Gasteiger partial charge in [-0.25, -0.2) is 4.39 Å². The molecule has 24 heavy (non-hydrogen) atoms. The van der Waals surface area contributed by atoms with Crippen molar-refractivity contribution in [1.29, 1.82) is 0 Å². The number of nitrogens with one attached hydrogen (secondary N) is 1. The van der Waals surface area contributed by atoms with Crippen LogP contribution in [-0.4, -0.2) is 30.3 Å². The van der Waals surface area contributed by atoms with Gasteiger partial charge in [-0.3, -0.25) is 4.79 Å². The molecular formula is C18H25BFNO3. The van der Waals surface area contributed by atoms with Gasteiger partial charge in [0.25, 0.3) is 0 Å². The second-order valence-corrected chi connectivity index (χ2v) is 7.82. The van der Waals surface area contributed by atoms with Crippen LogP contribution in [0.3, 0.4) is 0 Å². The van der Waals surface area contributed by atoms with Gasteiger partial charge < -0.3 is 14.6 Å². The van der Waals surface area contributed by atoms with E-state index in [-0.39, 0.29) is 12.3 Å². The highest BCUT2D eigenvalue weighted by Crippen LogP contribution is 2.36. The molecule has 0 atom stereocenters. The molecule has 1 aromatic carbocycles. The molecule has 1 aliphatic heterocycles. The van der Waals surface area contributed by atoms with Crippen LogP contribution in [0.2, 0.25) is 0 Å². The average Bonchev–Trinajstić information content (AvgIpc) is 2.63. The van der Waals surface area contributed by atoms with E-state index in [1.165, 1.54) is 12.5 Å². The molecule has 1 aromatic rings. The van der Waals surface area contributed by atoms with Gasteiger partial charge >= 0.3 is 7.12 Å². The van der Waals surface area contributed by atoms with E-state index in [2.05, 4.69) is 5.32 Å². The number of carbonyl (C=O) groups is 1. The molecule has 2 fully saturated rings. The standard InChI is InChI=1S/C18H25BFNO3/c1-17(2)18(3,4)24-19(23-17)14-9-8-12(10-15(14)20)11-16(22)21-13-6-5-7-13/h8-10,13H,5-7,11H2,1-4H3,(H,21,22). The summed E-state index contributed by atoms with van der Waals surface area (Å²) in [5.74, 6) is -0.454. The molecular weight excluding hydrogens is 308 g/mol. The Morgan fingerprint density at radius 3 is 2.38 bits per heavy atom. The maximum atomic E-state index is 14.5. The van der Waals surface area contributed by atoms with Gasteiger partial charge in [0.05, 0.1) is 17.6 Å². The number of hydrogen-bond donors (Lipinski definition) is 1. The topological polar surface area (TPSA) is 47.6 Å². The van der Waals surface area contributed by atoms with Gasteiger partial charge in [0.1, 0.15) is 5.82 Å². The van der Waals surface area contributed by atoms with Crippen LogP contribution in [0.5, 0.6) is 0 Å². The van der Waals surface area contributed by atoms with Crippen molar-refractivity contribution in [3.8, 4) is 0 Å². The average molecular weight is 333 g/mol. The number of hydrogen-bond acceptors (Lipinski definition) is 3. The zero-order chi connectivity index (χ0) is 17.5. The molecule has 1 saturated heterocycles. The predicted octanol–water partition coefficient (Wildman–Crippen LogP) is 2.34. The van der Waals surface area contributed by atoms with Gasteiger partial charge in [-0.05, 0) is 58.6 Å². The SMILES string of the molecule is CC1(C)OB(c2ccc(CC(=O)NC3CCC3)cc2F)OC1(C)C. The lowest BCUT2D eigenvalue weighted by Crippen LogP contribution is -2.41. The van der Waals surface area contributed by atoms with Crippen molar-refractivity contribution in [2.75, 3.05) is 0 Å². The highest BCUT2D eigenvalue weighted by atomic mass is 19.1. The van der Waals surface area contributed by atoms with Crippen molar-refractivity contribution >= 4 is 18.5 Å². The third kappa shape index (κ3) is 3.35. The molecule has 2 aliphatic rings. The Bertz CT molecular complexity index is 627. The number of halogens is 1. The van der Waals surface area contributed by atoms with Crippen LogP contribution in [0.15, 0.2) is 18.2 Å². The maximum absolute atomic E-state index is 14.5. The molecule has 1 saturated carbocycles. The smallest absolute Gasteiger partial charge is 0.399 e. The van der Waals surface area contributed by atoms with Crippen LogP contribution in [-0.2, 0) is 20.5 Å².